The van der Waals surface area contributed by atoms with Crippen molar-refractivity contribution in [3.8, 4) is 0 Å². The van der Waals surface area contributed by atoms with Crippen molar-refractivity contribution in [2.45, 2.75) is 18.9 Å². The fraction of sp³-hybridized carbons (Fsp3) is 0.533. The number of carbonyl (C=O) groups excluding carboxylic acids is 1. The van der Waals surface area contributed by atoms with Gasteiger partial charge in [-0.05, 0) is 25.0 Å². The predicted octanol–water partition coefficient (Wildman–Crippen LogP) is 2.09. The maximum Gasteiger partial charge on any atom is 0.256 e. The first kappa shape index (κ1) is 14.9. The number of piperidine rings is 1. The number of rotatable bonds is 5. The van der Waals surface area contributed by atoms with Gasteiger partial charge in [-0.25, -0.2) is 4.39 Å². The number of ether oxygens (including phenoxy) is 2. The molecule has 20 heavy (non-hydrogen) atoms. The summed E-state index contributed by atoms with van der Waals surface area (Å²) in [6, 6.07) is 6.10. The van der Waals surface area contributed by atoms with E-state index < -0.39 is 5.82 Å². The molecule has 1 aliphatic heterocycles. The molecule has 0 unspecified atom stereocenters. The van der Waals surface area contributed by atoms with Gasteiger partial charge >= 0.3 is 0 Å². The van der Waals surface area contributed by atoms with Crippen molar-refractivity contribution in [3.05, 3.63) is 35.6 Å². The van der Waals surface area contributed by atoms with Crippen molar-refractivity contribution in [1.29, 1.82) is 0 Å². The third-order valence-corrected chi connectivity index (χ3v) is 3.47. The molecule has 2 rings (SSSR count). The van der Waals surface area contributed by atoms with Crippen LogP contribution in [0.5, 0.6) is 0 Å². The minimum atomic E-state index is -0.462. The molecular weight excluding hydrogens is 261 g/mol. The quantitative estimate of drug-likeness (QED) is 0.776. The molecule has 0 bridgehead atoms. The van der Waals surface area contributed by atoms with Crippen molar-refractivity contribution in [1.82, 2.24) is 4.90 Å². The maximum atomic E-state index is 13.6. The summed E-state index contributed by atoms with van der Waals surface area (Å²) in [5.41, 5.74) is 0.145. The monoisotopic (exact) mass is 281 g/mol. The van der Waals surface area contributed by atoms with Crippen LogP contribution in [0.3, 0.4) is 0 Å². The van der Waals surface area contributed by atoms with E-state index in [1.165, 1.54) is 12.1 Å². The van der Waals surface area contributed by atoms with Gasteiger partial charge in [-0.1, -0.05) is 12.1 Å². The van der Waals surface area contributed by atoms with E-state index in [0.717, 1.165) is 12.8 Å². The molecule has 0 radical (unpaired) electrons. The summed E-state index contributed by atoms with van der Waals surface area (Å²) in [6.45, 7) is 2.35. The average molecular weight is 281 g/mol. The molecule has 0 atom stereocenters. The average Bonchev–Trinajstić information content (AvgIpc) is 2.48. The topological polar surface area (TPSA) is 38.8 Å². The number of methoxy groups -OCH3 is 1. The van der Waals surface area contributed by atoms with E-state index in [2.05, 4.69) is 0 Å². The summed E-state index contributed by atoms with van der Waals surface area (Å²) >= 11 is 0. The second kappa shape index (κ2) is 7.36. The van der Waals surface area contributed by atoms with E-state index >= 15 is 0 Å². The van der Waals surface area contributed by atoms with Gasteiger partial charge in [0.25, 0.3) is 5.91 Å². The molecule has 1 aromatic rings. The number of hydrogen-bond donors (Lipinski definition) is 0. The highest BCUT2D eigenvalue weighted by atomic mass is 19.1. The Morgan fingerprint density at radius 3 is 2.65 bits per heavy atom. The van der Waals surface area contributed by atoms with E-state index in [0.29, 0.717) is 26.3 Å². The normalized spacial score (nSPS) is 16.4. The van der Waals surface area contributed by atoms with Gasteiger partial charge < -0.3 is 14.4 Å². The lowest BCUT2D eigenvalue weighted by atomic mass is 10.1. The zero-order valence-corrected chi connectivity index (χ0v) is 11.7. The Morgan fingerprint density at radius 2 is 2.00 bits per heavy atom. The minimum Gasteiger partial charge on any atom is -0.382 e. The minimum absolute atomic E-state index is 0.145. The van der Waals surface area contributed by atoms with Gasteiger partial charge in [0.15, 0.2) is 0 Å². The zero-order chi connectivity index (χ0) is 14.4. The molecule has 4 nitrogen and oxygen atoms in total. The molecule has 5 heteroatoms. The number of nitrogens with zero attached hydrogens (tertiary/aromatic N) is 1. The lowest BCUT2D eigenvalue weighted by Gasteiger charge is -2.32. The van der Waals surface area contributed by atoms with E-state index in [1.807, 2.05) is 0 Å². The molecule has 0 N–H and O–H groups in total. The number of benzene rings is 1. The van der Waals surface area contributed by atoms with Crippen LogP contribution in [0.15, 0.2) is 24.3 Å². The molecule has 0 saturated carbocycles. The third kappa shape index (κ3) is 3.77. The Labute approximate surface area is 118 Å². The number of hydrogen-bond acceptors (Lipinski definition) is 3. The molecule has 1 aliphatic rings. The van der Waals surface area contributed by atoms with Gasteiger partial charge in [-0.2, -0.15) is 0 Å². The van der Waals surface area contributed by atoms with E-state index in [4.69, 9.17) is 9.47 Å². The van der Waals surface area contributed by atoms with Crippen molar-refractivity contribution in [2.75, 3.05) is 33.4 Å². The first-order valence-electron chi connectivity index (χ1n) is 6.86. The Morgan fingerprint density at radius 1 is 1.30 bits per heavy atom. The van der Waals surface area contributed by atoms with Crippen LogP contribution < -0.4 is 0 Å². The highest BCUT2D eigenvalue weighted by molar-refractivity contribution is 5.94. The van der Waals surface area contributed by atoms with Crippen LogP contribution in [0, 0.1) is 5.82 Å². The lowest BCUT2D eigenvalue weighted by Crippen LogP contribution is -2.41. The Hall–Kier alpha value is -1.46. The van der Waals surface area contributed by atoms with Crippen LogP contribution in [0.4, 0.5) is 4.39 Å². The molecule has 0 aliphatic carbocycles. The Balaban J connectivity index is 1.85. The summed E-state index contributed by atoms with van der Waals surface area (Å²) in [5, 5.41) is 0. The van der Waals surface area contributed by atoms with Crippen molar-refractivity contribution < 1.29 is 18.7 Å². The first-order valence-corrected chi connectivity index (χ1v) is 6.86. The van der Waals surface area contributed by atoms with Crippen LogP contribution in [-0.2, 0) is 9.47 Å². The third-order valence-electron chi connectivity index (χ3n) is 3.47. The molecule has 1 amide bonds. The van der Waals surface area contributed by atoms with Gasteiger partial charge in [0, 0.05) is 20.2 Å². The van der Waals surface area contributed by atoms with E-state index in [-0.39, 0.29) is 17.6 Å². The van der Waals surface area contributed by atoms with E-state index in [9.17, 15) is 9.18 Å². The number of halogens is 1. The number of likely N-dealkylation sites (tertiary alicyclic amines) is 1. The molecule has 1 aromatic carbocycles. The molecule has 0 aromatic heterocycles. The van der Waals surface area contributed by atoms with Crippen molar-refractivity contribution in [2.24, 2.45) is 0 Å². The molecule has 0 spiro atoms. The van der Waals surface area contributed by atoms with Gasteiger partial charge in [0.05, 0.1) is 24.9 Å². The van der Waals surface area contributed by atoms with Crippen LogP contribution in [0.25, 0.3) is 0 Å². The second-order valence-electron chi connectivity index (χ2n) is 4.83. The van der Waals surface area contributed by atoms with Crippen molar-refractivity contribution >= 4 is 5.91 Å². The predicted molar refractivity (Wildman–Crippen MR) is 73.2 cm³/mol. The molecule has 1 heterocycles. The van der Waals surface area contributed by atoms with Gasteiger partial charge in [-0.3, -0.25) is 4.79 Å². The Bertz CT molecular complexity index is 444. The summed E-state index contributed by atoms with van der Waals surface area (Å²) < 4.78 is 24.2. The summed E-state index contributed by atoms with van der Waals surface area (Å²) in [7, 11) is 1.64. The molecule has 1 saturated heterocycles. The SMILES string of the molecule is COCCOC1CCN(C(=O)c2ccccc2F)CC1. The number of amides is 1. The van der Waals surface area contributed by atoms with Gasteiger partial charge in [0.1, 0.15) is 5.82 Å². The van der Waals surface area contributed by atoms with Crippen LogP contribution in [0.2, 0.25) is 0 Å². The summed E-state index contributed by atoms with van der Waals surface area (Å²) in [6.07, 6.45) is 1.73. The van der Waals surface area contributed by atoms with E-state index in [1.54, 1.807) is 24.1 Å². The second-order valence-corrected chi connectivity index (χ2v) is 4.83. The highest BCUT2D eigenvalue weighted by Gasteiger charge is 2.25. The zero-order valence-electron chi connectivity index (χ0n) is 11.7. The number of carbonyl (C=O) groups is 1. The molecule has 110 valence electrons. The fourth-order valence-corrected chi connectivity index (χ4v) is 2.33. The van der Waals surface area contributed by atoms with Gasteiger partial charge in [-0.15, -0.1) is 0 Å². The van der Waals surface area contributed by atoms with Gasteiger partial charge in [0.2, 0.25) is 0 Å². The standard InChI is InChI=1S/C15H20FNO3/c1-19-10-11-20-12-6-8-17(9-7-12)15(18)13-4-2-3-5-14(13)16/h2-5,12H,6-11H2,1H3. The van der Waals surface area contributed by atoms with Crippen LogP contribution in [-0.4, -0.2) is 50.3 Å². The first-order chi connectivity index (χ1) is 9.72. The molecule has 1 fully saturated rings. The van der Waals surface area contributed by atoms with Crippen LogP contribution >= 0.6 is 0 Å². The van der Waals surface area contributed by atoms with Crippen molar-refractivity contribution in [3.63, 3.8) is 0 Å². The van der Waals surface area contributed by atoms with Crippen LogP contribution in [0.1, 0.15) is 23.2 Å². The molecular formula is C15H20FNO3. The largest absolute Gasteiger partial charge is 0.382 e. The smallest absolute Gasteiger partial charge is 0.256 e. The fourth-order valence-electron chi connectivity index (χ4n) is 2.33. The summed E-state index contributed by atoms with van der Waals surface area (Å²) in [4.78, 5) is 13.9. The highest BCUT2D eigenvalue weighted by Crippen LogP contribution is 2.17. The lowest BCUT2D eigenvalue weighted by molar-refractivity contribution is -0.0123. The summed E-state index contributed by atoms with van der Waals surface area (Å²) in [5.74, 6) is -0.700. The Kier molecular flexibility index (Phi) is 5.49. The maximum absolute atomic E-state index is 13.6.